The predicted molar refractivity (Wildman–Crippen MR) is 87.3 cm³/mol. The zero-order valence-electron chi connectivity index (χ0n) is 11.9. The summed E-state index contributed by atoms with van der Waals surface area (Å²) < 4.78 is 1.52. The Morgan fingerprint density at radius 1 is 1.27 bits per heavy atom. The van der Waals surface area contributed by atoms with E-state index >= 15 is 0 Å². The molecule has 1 amide bonds. The van der Waals surface area contributed by atoms with Crippen molar-refractivity contribution in [3.05, 3.63) is 63.5 Å². The first kappa shape index (κ1) is 14.4. The third kappa shape index (κ3) is 2.76. The molecule has 112 valence electrons. The summed E-state index contributed by atoms with van der Waals surface area (Å²) in [6.07, 6.45) is 0.197. The molecule has 0 spiro atoms. The van der Waals surface area contributed by atoms with Crippen molar-refractivity contribution in [2.24, 2.45) is 7.05 Å². The van der Waals surface area contributed by atoms with Crippen molar-refractivity contribution in [3.8, 4) is 0 Å². The van der Waals surface area contributed by atoms with Crippen LogP contribution in [0.4, 0.5) is 5.69 Å². The van der Waals surface area contributed by atoms with E-state index in [0.717, 1.165) is 11.1 Å². The van der Waals surface area contributed by atoms with Gasteiger partial charge in [-0.2, -0.15) is 0 Å². The monoisotopic (exact) mass is 315 g/mol. The number of amides is 1. The second-order valence-corrected chi connectivity index (χ2v) is 5.44. The van der Waals surface area contributed by atoms with Gasteiger partial charge in [0.1, 0.15) is 0 Å². The molecule has 22 heavy (non-hydrogen) atoms. The topological polar surface area (TPSA) is 66.9 Å². The van der Waals surface area contributed by atoms with Gasteiger partial charge >= 0.3 is 5.69 Å². The molecule has 3 rings (SSSR count). The van der Waals surface area contributed by atoms with Gasteiger partial charge in [-0.1, -0.05) is 29.8 Å². The van der Waals surface area contributed by atoms with Crippen LogP contribution in [0.25, 0.3) is 11.0 Å². The molecule has 0 atom stereocenters. The van der Waals surface area contributed by atoms with Gasteiger partial charge in [-0.25, -0.2) is 4.79 Å². The number of carbonyl (C=O) groups is 1. The number of rotatable bonds is 3. The normalized spacial score (nSPS) is 10.8. The molecule has 0 aliphatic carbocycles. The van der Waals surface area contributed by atoms with Gasteiger partial charge in [0.25, 0.3) is 0 Å². The average Bonchev–Trinajstić information content (AvgIpc) is 2.76. The Labute approximate surface area is 131 Å². The van der Waals surface area contributed by atoms with Crippen LogP contribution in [0.1, 0.15) is 5.56 Å². The number of imidazole rings is 1. The fraction of sp³-hybridized carbons (Fsp3) is 0.125. The minimum absolute atomic E-state index is 0.161. The average molecular weight is 316 g/mol. The van der Waals surface area contributed by atoms with E-state index in [4.69, 9.17) is 11.6 Å². The van der Waals surface area contributed by atoms with Crippen LogP contribution in [0.2, 0.25) is 5.02 Å². The molecule has 0 saturated heterocycles. The summed E-state index contributed by atoms with van der Waals surface area (Å²) in [6.45, 7) is 0. The number of nitrogens with zero attached hydrogens (tertiary/aromatic N) is 1. The van der Waals surface area contributed by atoms with Crippen LogP contribution < -0.4 is 11.0 Å². The molecule has 0 saturated carbocycles. The van der Waals surface area contributed by atoms with Crippen molar-refractivity contribution in [3.63, 3.8) is 0 Å². The van der Waals surface area contributed by atoms with Gasteiger partial charge in [0.15, 0.2) is 0 Å². The van der Waals surface area contributed by atoms with Crippen LogP contribution in [0.5, 0.6) is 0 Å². The molecular formula is C16H14ClN3O2. The first-order chi connectivity index (χ1) is 10.5. The highest BCUT2D eigenvalue weighted by molar-refractivity contribution is 6.31. The summed E-state index contributed by atoms with van der Waals surface area (Å²) in [7, 11) is 1.69. The van der Waals surface area contributed by atoms with Crippen molar-refractivity contribution in [1.82, 2.24) is 9.55 Å². The minimum atomic E-state index is -0.186. The van der Waals surface area contributed by atoms with E-state index in [0.29, 0.717) is 16.2 Å². The number of aromatic amines is 1. The van der Waals surface area contributed by atoms with Crippen LogP contribution in [-0.2, 0) is 18.3 Å². The smallest absolute Gasteiger partial charge is 0.326 e. The van der Waals surface area contributed by atoms with Crippen molar-refractivity contribution in [2.75, 3.05) is 5.32 Å². The Morgan fingerprint density at radius 2 is 2.05 bits per heavy atom. The number of carbonyl (C=O) groups excluding carboxylic acids is 1. The lowest BCUT2D eigenvalue weighted by Gasteiger charge is -2.07. The summed E-state index contributed by atoms with van der Waals surface area (Å²) >= 11 is 6.05. The van der Waals surface area contributed by atoms with Crippen molar-refractivity contribution in [2.45, 2.75) is 6.42 Å². The molecule has 0 fully saturated rings. The SMILES string of the molecule is Cn1c(=O)[nH]c2cc(NC(=O)Cc3ccccc3Cl)ccc21. The maximum atomic E-state index is 12.1. The Balaban J connectivity index is 1.79. The molecule has 0 radical (unpaired) electrons. The third-order valence-corrected chi connectivity index (χ3v) is 3.87. The molecule has 6 heteroatoms. The van der Waals surface area contributed by atoms with Gasteiger partial charge in [-0.3, -0.25) is 9.36 Å². The fourth-order valence-corrected chi connectivity index (χ4v) is 2.54. The second-order valence-electron chi connectivity index (χ2n) is 5.04. The van der Waals surface area contributed by atoms with Gasteiger partial charge < -0.3 is 10.3 Å². The number of hydrogen-bond donors (Lipinski definition) is 2. The van der Waals surface area contributed by atoms with Crippen LogP contribution in [0, 0.1) is 0 Å². The highest BCUT2D eigenvalue weighted by atomic mass is 35.5. The van der Waals surface area contributed by atoms with Gasteiger partial charge in [-0.15, -0.1) is 0 Å². The van der Waals surface area contributed by atoms with Crippen molar-refractivity contribution >= 4 is 34.2 Å². The minimum Gasteiger partial charge on any atom is -0.326 e. The molecule has 2 aromatic carbocycles. The number of anilines is 1. The largest absolute Gasteiger partial charge is 0.326 e. The number of hydrogen-bond acceptors (Lipinski definition) is 2. The fourth-order valence-electron chi connectivity index (χ4n) is 2.33. The number of H-pyrrole nitrogens is 1. The van der Waals surface area contributed by atoms with Crippen LogP contribution in [0.15, 0.2) is 47.3 Å². The maximum Gasteiger partial charge on any atom is 0.326 e. The molecule has 0 aliphatic heterocycles. The van der Waals surface area contributed by atoms with E-state index in [9.17, 15) is 9.59 Å². The molecule has 1 heterocycles. The lowest BCUT2D eigenvalue weighted by molar-refractivity contribution is -0.115. The number of aryl methyl sites for hydroxylation is 1. The Bertz CT molecular complexity index is 911. The Kier molecular flexibility index (Phi) is 3.73. The highest BCUT2D eigenvalue weighted by Crippen LogP contribution is 2.18. The van der Waals surface area contributed by atoms with Gasteiger partial charge in [0, 0.05) is 17.8 Å². The number of aromatic nitrogens is 2. The zero-order chi connectivity index (χ0) is 15.7. The van der Waals surface area contributed by atoms with E-state index in [-0.39, 0.29) is 18.0 Å². The quantitative estimate of drug-likeness (QED) is 0.780. The number of benzene rings is 2. The van der Waals surface area contributed by atoms with Crippen LogP contribution >= 0.6 is 11.6 Å². The summed E-state index contributed by atoms with van der Waals surface area (Å²) in [5, 5.41) is 3.38. The molecule has 1 aromatic heterocycles. The van der Waals surface area contributed by atoms with E-state index in [1.807, 2.05) is 18.2 Å². The Morgan fingerprint density at radius 3 is 2.82 bits per heavy atom. The second kappa shape index (κ2) is 5.69. The standard InChI is InChI=1S/C16H14ClN3O2/c1-20-14-7-6-11(9-13(14)19-16(20)22)18-15(21)8-10-4-2-3-5-12(10)17/h2-7,9H,8H2,1H3,(H,18,21)(H,19,22). The van der Waals surface area contributed by atoms with Crippen molar-refractivity contribution < 1.29 is 4.79 Å². The Hall–Kier alpha value is -2.53. The third-order valence-electron chi connectivity index (χ3n) is 3.50. The first-order valence-corrected chi connectivity index (χ1v) is 7.14. The molecular weight excluding hydrogens is 302 g/mol. The molecule has 5 nitrogen and oxygen atoms in total. The lowest BCUT2D eigenvalue weighted by Crippen LogP contribution is -2.14. The summed E-state index contributed by atoms with van der Waals surface area (Å²) in [6, 6.07) is 12.5. The number of nitrogens with one attached hydrogen (secondary N) is 2. The molecule has 0 aliphatic rings. The summed E-state index contributed by atoms with van der Waals surface area (Å²) in [4.78, 5) is 26.4. The van der Waals surface area contributed by atoms with Crippen molar-refractivity contribution in [1.29, 1.82) is 0 Å². The number of fused-ring (bicyclic) bond motifs is 1. The highest BCUT2D eigenvalue weighted by Gasteiger charge is 2.09. The molecule has 0 unspecified atom stereocenters. The van der Waals surface area contributed by atoms with Gasteiger partial charge in [-0.05, 0) is 29.8 Å². The molecule has 0 bridgehead atoms. The van der Waals surface area contributed by atoms with E-state index in [2.05, 4.69) is 10.3 Å². The maximum absolute atomic E-state index is 12.1. The molecule has 3 aromatic rings. The number of halogens is 1. The van der Waals surface area contributed by atoms with Crippen LogP contribution in [0.3, 0.4) is 0 Å². The first-order valence-electron chi connectivity index (χ1n) is 6.76. The van der Waals surface area contributed by atoms with Gasteiger partial charge in [0.2, 0.25) is 5.91 Å². The van der Waals surface area contributed by atoms with E-state index < -0.39 is 0 Å². The van der Waals surface area contributed by atoms with E-state index in [1.165, 1.54) is 4.57 Å². The summed E-state index contributed by atoms with van der Waals surface area (Å²) in [5.41, 5.74) is 2.69. The predicted octanol–water partition coefficient (Wildman–Crippen LogP) is 2.70. The lowest BCUT2D eigenvalue weighted by atomic mass is 10.1. The summed E-state index contributed by atoms with van der Waals surface area (Å²) in [5.74, 6) is -0.161. The van der Waals surface area contributed by atoms with Crippen LogP contribution in [-0.4, -0.2) is 15.5 Å². The van der Waals surface area contributed by atoms with E-state index in [1.54, 1.807) is 31.3 Å². The zero-order valence-corrected chi connectivity index (χ0v) is 12.6. The van der Waals surface area contributed by atoms with Gasteiger partial charge in [0.05, 0.1) is 17.5 Å². The molecule has 2 N–H and O–H groups in total.